The number of nitrogens with zero attached hydrogens (tertiary/aromatic N) is 1. The molecule has 2 aromatic carbocycles. The van der Waals surface area contributed by atoms with Gasteiger partial charge >= 0.3 is 11.6 Å². The Morgan fingerprint density at radius 3 is 2.77 bits per heavy atom. The fourth-order valence-corrected chi connectivity index (χ4v) is 3.70. The van der Waals surface area contributed by atoms with Gasteiger partial charge in [0.25, 0.3) is 0 Å². The van der Waals surface area contributed by atoms with E-state index in [0.29, 0.717) is 34.4 Å². The van der Waals surface area contributed by atoms with Gasteiger partial charge in [-0.1, -0.05) is 6.07 Å². The Hall–Kier alpha value is -3.65. The second kappa shape index (κ2) is 8.61. The van der Waals surface area contributed by atoms with Gasteiger partial charge < -0.3 is 19.0 Å². The third kappa shape index (κ3) is 4.59. The van der Waals surface area contributed by atoms with E-state index in [1.807, 2.05) is 12.3 Å². The van der Waals surface area contributed by atoms with Crippen molar-refractivity contribution in [1.82, 2.24) is 4.98 Å². The van der Waals surface area contributed by atoms with E-state index < -0.39 is 11.6 Å². The molecule has 0 bridgehead atoms. The van der Waals surface area contributed by atoms with E-state index in [4.69, 9.17) is 13.9 Å². The molecule has 2 heterocycles. The van der Waals surface area contributed by atoms with Crippen molar-refractivity contribution in [2.24, 2.45) is 0 Å². The predicted molar refractivity (Wildman–Crippen MR) is 116 cm³/mol. The van der Waals surface area contributed by atoms with Crippen molar-refractivity contribution in [3.63, 3.8) is 0 Å². The summed E-state index contributed by atoms with van der Waals surface area (Å²) in [4.78, 5) is 28.8. The number of aryl methyl sites for hydroxylation is 2. The molecule has 0 unspecified atom stereocenters. The fraction of sp³-hybridized carbons (Fsp3) is 0.174. The molecule has 0 atom stereocenters. The lowest BCUT2D eigenvalue weighted by molar-refractivity contribution is 0.0473. The molecule has 1 N–H and O–H groups in total. The van der Waals surface area contributed by atoms with Crippen LogP contribution in [0.1, 0.15) is 32.2 Å². The largest absolute Gasteiger partial charge is 0.508 e. The normalized spacial score (nSPS) is 10.9. The van der Waals surface area contributed by atoms with Crippen LogP contribution in [0.25, 0.3) is 11.0 Å². The summed E-state index contributed by atoms with van der Waals surface area (Å²) in [6.45, 7) is 3.76. The first kappa shape index (κ1) is 20.6. The van der Waals surface area contributed by atoms with E-state index in [-0.39, 0.29) is 17.9 Å². The molecule has 8 heteroatoms. The molecule has 4 rings (SSSR count). The molecular formula is C23H19NO6S. The van der Waals surface area contributed by atoms with Crippen LogP contribution in [-0.4, -0.2) is 16.1 Å². The van der Waals surface area contributed by atoms with Crippen molar-refractivity contribution in [2.75, 3.05) is 0 Å². The molecular weight excluding hydrogens is 418 g/mol. The van der Waals surface area contributed by atoms with Gasteiger partial charge in [-0.25, -0.2) is 14.6 Å². The summed E-state index contributed by atoms with van der Waals surface area (Å²) >= 11 is 1.55. The minimum atomic E-state index is -0.583. The number of benzene rings is 2. The number of phenols is 1. The maximum atomic E-state index is 12.6. The van der Waals surface area contributed by atoms with Crippen LogP contribution in [0.4, 0.5) is 0 Å². The first-order valence-corrected chi connectivity index (χ1v) is 10.3. The van der Waals surface area contributed by atoms with Crippen LogP contribution in [0.2, 0.25) is 0 Å². The highest BCUT2D eigenvalue weighted by molar-refractivity contribution is 7.09. The van der Waals surface area contributed by atoms with Crippen molar-refractivity contribution in [3.8, 4) is 11.5 Å². The summed E-state index contributed by atoms with van der Waals surface area (Å²) in [6, 6.07) is 11.1. The highest BCUT2D eigenvalue weighted by atomic mass is 32.1. The number of carbonyl (C=O) groups is 1. The number of esters is 1. The molecule has 31 heavy (non-hydrogen) atoms. The lowest BCUT2D eigenvalue weighted by atomic mass is 10.1. The number of aromatic hydroxyl groups is 1. The molecule has 158 valence electrons. The van der Waals surface area contributed by atoms with E-state index >= 15 is 0 Å². The van der Waals surface area contributed by atoms with Gasteiger partial charge in [-0.3, -0.25) is 0 Å². The molecule has 0 fully saturated rings. The monoisotopic (exact) mass is 437 g/mol. The summed E-state index contributed by atoms with van der Waals surface area (Å²) in [5, 5.41) is 13.3. The topological polar surface area (TPSA) is 98.9 Å². The van der Waals surface area contributed by atoms with E-state index in [1.165, 1.54) is 12.1 Å². The van der Waals surface area contributed by atoms with Crippen molar-refractivity contribution in [3.05, 3.63) is 85.7 Å². The van der Waals surface area contributed by atoms with Crippen LogP contribution < -0.4 is 10.4 Å². The number of thiazole rings is 1. The van der Waals surface area contributed by atoms with Gasteiger partial charge in [-0.2, -0.15) is 0 Å². The predicted octanol–water partition coefficient (Wildman–Crippen LogP) is 4.51. The Kier molecular flexibility index (Phi) is 5.73. The molecule has 2 aromatic heterocycles. The number of carbonyl (C=O) groups excluding carboxylic acids is 1. The molecule has 0 radical (unpaired) electrons. The van der Waals surface area contributed by atoms with Crippen LogP contribution >= 0.6 is 11.3 Å². The Morgan fingerprint density at radius 2 is 2.00 bits per heavy atom. The van der Waals surface area contributed by atoms with Crippen molar-refractivity contribution in [1.29, 1.82) is 0 Å². The zero-order valence-electron chi connectivity index (χ0n) is 16.9. The van der Waals surface area contributed by atoms with Crippen LogP contribution in [0.5, 0.6) is 11.5 Å². The lowest BCUT2D eigenvalue weighted by Gasteiger charge is -2.10. The average molecular weight is 437 g/mol. The molecule has 0 saturated heterocycles. The van der Waals surface area contributed by atoms with E-state index in [9.17, 15) is 14.7 Å². The van der Waals surface area contributed by atoms with Gasteiger partial charge in [0.2, 0.25) is 0 Å². The Balaban J connectivity index is 1.48. The molecule has 0 spiro atoms. The SMILES string of the molecule is Cc1nc(COc2cccc(C(=O)OCc3cc(=O)oc4c(C)c(O)ccc34)c2)cs1. The Labute approximate surface area is 181 Å². The number of fused-ring (bicyclic) bond motifs is 1. The quantitative estimate of drug-likeness (QED) is 0.350. The summed E-state index contributed by atoms with van der Waals surface area (Å²) in [5.41, 5.74) is 1.78. The van der Waals surface area contributed by atoms with Gasteiger partial charge in [0.05, 0.1) is 16.3 Å². The van der Waals surface area contributed by atoms with Gasteiger partial charge in [0.1, 0.15) is 30.3 Å². The first-order valence-electron chi connectivity index (χ1n) is 9.47. The number of hydrogen-bond acceptors (Lipinski definition) is 8. The van der Waals surface area contributed by atoms with E-state index in [0.717, 1.165) is 10.7 Å². The number of phenolic OH excluding ortho intramolecular Hbond substituents is 1. The third-order valence-corrected chi connectivity index (χ3v) is 5.52. The highest BCUT2D eigenvalue weighted by Crippen LogP contribution is 2.28. The Bertz CT molecular complexity index is 1320. The molecule has 0 amide bonds. The highest BCUT2D eigenvalue weighted by Gasteiger charge is 2.14. The smallest absolute Gasteiger partial charge is 0.338 e. The second-order valence-corrected chi connectivity index (χ2v) is 7.99. The minimum absolute atomic E-state index is 0.0226. The van der Waals surface area contributed by atoms with Gasteiger partial charge in [0.15, 0.2) is 0 Å². The summed E-state index contributed by atoms with van der Waals surface area (Å²) in [5.74, 6) is -0.00160. The molecule has 0 aliphatic carbocycles. The van der Waals surface area contributed by atoms with E-state index in [1.54, 1.807) is 48.6 Å². The molecule has 0 saturated carbocycles. The van der Waals surface area contributed by atoms with Crippen LogP contribution in [0, 0.1) is 13.8 Å². The lowest BCUT2D eigenvalue weighted by Crippen LogP contribution is -2.08. The first-order chi connectivity index (χ1) is 14.9. The van der Waals surface area contributed by atoms with Crippen molar-refractivity contribution in [2.45, 2.75) is 27.1 Å². The summed E-state index contributed by atoms with van der Waals surface area (Å²) in [6.07, 6.45) is 0. The number of aromatic nitrogens is 1. The minimum Gasteiger partial charge on any atom is -0.508 e. The zero-order chi connectivity index (χ0) is 22.0. The van der Waals surface area contributed by atoms with E-state index in [2.05, 4.69) is 4.98 Å². The summed E-state index contributed by atoms with van der Waals surface area (Å²) in [7, 11) is 0. The Morgan fingerprint density at radius 1 is 1.16 bits per heavy atom. The standard InChI is InChI=1S/C23H19NO6S/c1-13-20(25)7-6-19-16(9-21(26)30-22(13)19)10-29-23(27)15-4-3-5-18(8-15)28-11-17-12-31-14(2)24-17/h3-9,12,25H,10-11H2,1-2H3. The molecule has 4 aromatic rings. The number of rotatable bonds is 6. The van der Waals surface area contributed by atoms with Gasteiger partial charge in [0, 0.05) is 28.0 Å². The van der Waals surface area contributed by atoms with Crippen molar-refractivity contribution < 1.29 is 23.8 Å². The van der Waals surface area contributed by atoms with Crippen molar-refractivity contribution >= 4 is 28.3 Å². The third-order valence-electron chi connectivity index (χ3n) is 4.70. The molecule has 0 aliphatic heterocycles. The molecule has 0 aliphatic rings. The van der Waals surface area contributed by atoms with Crippen LogP contribution in [0.3, 0.4) is 0 Å². The zero-order valence-corrected chi connectivity index (χ0v) is 17.7. The average Bonchev–Trinajstić information content (AvgIpc) is 3.18. The number of hydrogen-bond donors (Lipinski definition) is 1. The number of ether oxygens (including phenoxy) is 2. The second-order valence-electron chi connectivity index (χ2n) is 6.93. The van der Waals surface area contributed by atoms with Gasteiger partial charge in [-0.05, 0) is 44.2 Å². The maximum Gasteiger partial charge on any atom is 0.338 e. The van der Waals surface area contributed by atoms with Crippen LogP contribution in [-0.2, 0) is 18.0 Å². The molecule has 7 nitrogen and oxygen atoms in total. The van der Waals surface area contributed by atoms with Crippen LogP contribution in [0.15, 0.2) is 57.1 Å². The van der Waals surface area contributed by atoms with Gasteiger partial charge in [-0.15, -0.1) is 11.3 Å². The maximum absolute atomic E-state index is 12.6. The summed E-state index contributed by atoms with van der Waals surface area (Å²) < 4.78 is 16.3. The fourth-order valence-electron chi connectivity index (χ4n) is 3.11.